The minimum atomic E-state index is -3.71. The van der Waals surface area contributed by atoms with Crippen molar-refractivity contribution in [3.8, 4) is 0 Å². The third-order valence-electron chi connectivity index (χ3n) is 5.21. The fraction of sp³-hybridized carbons (Fsp3) is 0.400. The summed E-state index contributed by atoms with van der Waals surface area (Å²) in [5, 5.41) is 10.6. The van der Waals surface area contributed by atoms with Crippen molar-refractivity contribution >= 4 is 21.6 Å². The Hall–Kier alpha value is -1.54. The number of piperidine rings is 1. The molecule has 152 valence electrons. The summed E-state index contributed by atoms with van der Waals surface area (Å²) in [6.07, 6.45) is -2.01. The zero-order valence-electron chi connectivity index (χ0n) is 15.4. The van der Waals surface area contributed by atoms with Crippen molar-refractivity contribution in [1.82, 2.24) is 4.31 Å². The molecule has 1 heterocycles. The minimum absolute atomic E-state index is 0.0101. The van der Waals surface area contributed by atoms with E-state index < -0.39 is 28.0 Å². The third-order valence-corrected chi connectivity index (χ3v) is 7.37. The molecule has 8 heteroatoms. The number of hydrogen-bond donors (Lipinski definition) is 1. The van der Waals surface area contributed by atoms with Gasteiger partial charge < -0.3 is 5.11 Å². The number of hydrogen-bond acceptors (Lipinski definition) is 3. The van der Waals surface area contributed by atoms with Gasteiger partial charge in [0.1, 0.15) is 6.10 Å². The van der Waals surface area contributed by atoms with Gasteiger partial charge in [-0.15, -0.1) is 0 Å². The fourth-order valence-corrected chi connectivity index (χ4v) is 5.03. The Morgan fingerprint density at radius 1 is 1.07 bits per heavy atom. The van der Waals surface area contributed by atoms with E-state index in [-0.39, 0.29) is 36.4 Å². The first kappa shape index (κ1) is 21.2. The van der Waals surface area contributed by atoms with Gasteiger partial charge in [0.2, 0.25) is 10.0 Å². The molecule has 0 bridgehead atoms. The molecule has 1 atom stereocenters. The first-order valence-corrected chi connectivity index (χ1v) is 10.8. The number of halogens is 3. The van der Waals surface area contributed by atoms with Crippen LogP contribution in [0.15, 0.2) is 53.4 Å². The Bertz CT molecular complexity index is 909. The van der Waals surface area contributed by atoms with Crippen molar-refractivity contribution in [2.45, 2.75) is 36.7 Å². The Balaban J connectivity index is 1.70. The van der Waals surface area contributed by atoms with E-state index in [9.17, 15) is 22.3 Å². The van der Waals surface area contributed by atoms with Crippen molar-refractivity contribution in [3.05, 3.63) is 64.7 Å². The standard InChI is InChI=1S/C20H22ClF2NO3S/c1-14-2-8-18(9-3-14)28(26,27)24-12-10-16(11-13-24)20(22,23)19(25)15-4-6-17(21)7-5-15/h2-9,16,19,25H,10-13H2,1H3. The molecule has 0 spiro atoms. The van der Waals surface area contributed by atoms with Crippen molar-refractivity contribution < 1.29 is 22.3 Å². The zero-order valence-corrected chi connectivity index (χ0v) is 16.9. The van der Waals surface area contributed by atoms with Crippen LogP contribution >= 0.6 is 11.6 Å². The summed E-state index contributed by atoms with van der Waals surface area (Å²) in [5.41, 5.74) is 1.03. The quantitative estimate of drug-likeness (QED) is 0.765. The number of aryl methyl sites for hydroxylation is 1. The number of alkyl halides is 2. The summed E-state index contributed by atoms with van der Waals surface area (Å²) in [4.78, 5) is 0.157. The second-order valence-corrected chi connectivity index (χ2v) is 9.49. The lowest BCUT2D eigenvalue weighted by Gasteiger charge is -2.37. The number of aliphatic hydroxyl groups excluding tert-OH is 1. The molecule has 1 N–H and O–H groups in total. The second-order valence-electron chi connectivity index (χ2n) is 7.12. The average Bonchev–Trinajstić information content (AvgIpc) is 2.68. The smallest absolute Gasteiger partial charge is 0.280 e. The van der Waals surface area contributed by atoms with Crippen molar-refractivity contribution in [2.24, 2.45) is 5.92 Å². The Kier molecular flexibility index (Phi) is 6.10. The SMILES string of the molecule is Cc1ccc(S(=O)(=O)N2CCC(C(F)(F)C(O)c3ccc(Cl)cc3)CC2)cc1. The van der Waals surface area contributed by atoms with E-state index in [1.807, 2.05) is 6.92 Å². The lowest BCUT2D eigenvalue weighted by Crippen LogP contribution is -2.45. The van der Waals surface area contributed by atoms with Gasteiger partial charge in [0.05, 0.1) is 4.90 Å². The van der Waals surface area contributed by atoms with Crippen molar-refractivity contribution in [3.63, 3.8) is 0 Å². The van der Waals surface area contributed by atoms with Gasteiger partial charge in [-0.1, -0.05) is 41.4 Å². The highest BCUT2D eigenvalue weighted by Gasteiger charge is 2.48. The van der Waals surface area contributed by atoms with E-state index in [4.69, 9.17) is 11.6 Å². The lowest BCUT2D eigenvalue weighted by molar-refractivity contribution is -0.158. The van der Waals surface area contributed by atoms with Gasteiger partial charge in [0.15, 0.2) is 0 Å². The molecular formula is C20H22ClF2NO3S. The highest BCUT2D eigenvalue weighted by atomic mass is 35.5. The normalized spacial score (nSPS) is 18.2. The number of rotatable bonds is 5. The average molecular weight is 430 g/mol. The Morgan fingerprint density at radius 2 is 1.61 bits per heavy atom. The highest BCUT2D eigenvalue weighted by Crippen LogP contribution is 2.43. The molecule has 28 heavy (non-hydrogen) atoms. The van der Waals surface area contributed by atoms with E-state index in [1.54, 1.807) is 12.1 Å². The summed E-state index contributed by atoms with van der Waals surface area (Å²) in [6.45, 7) is 1.84. The van der Waals surface area contributed by atoms with Crippen LogP contribution < -0.4 is 0 Å². The maximum Gasteiger partial charge on any atom is 0.280 e. The number of sulfonamides is 1. The van der Waals surface area contributed by atoms with Gasteiger partial charge in [0, 0.05) is 24.0 Å². The molecule has 0 saturated carbocycles. The maximum atomic E-state index is 14.8. The van der Waals surface area contributed by atoms with Gasteiger partial charge in [-0.25, -0.2) is 17.2 Å². The number of nitrogens with zero attached hydrogens (tertiary/aromatic N) is 1. The van der Waals surface area contributed by atoms with Crippen LogP contribution in [0.1, 0.15) is 30.1 Å². The largest absolute Gasteiger partial charge is 0.382 e. The van der Waals surface area contributed by atoms with Crippen LogP contribution in [0.3, 0.4) is 0 Å². The van der Waals surface area contributed by atoms with Crippen LogP contribution in [0.5, 0.6) is 0 Å². The van der Waals surface area contributed by atoms with Gasteiger partial charge >= 0.3 is 0 Å². The molecule has 3 rings (SSSR count). The Morgan fingerprint density at radius 3 is 2.14 bits per heavy atom. The van der Waals surface area contributed by atoms with Crippen LogP contribution in [-0.2, 0) is 10.0 Å². The summed E-state index contributed by atoms with van der Waals surface area (Å²) in [5.74, 6) is -4.48. The molecule has 1 aliphatic rings. The third kappa shape index (κ3) is 4.22. The fourth-order valence-electron chi connectivity index (χ4n) is 3.43. The Labute approximate surface area is 168 Å². The van der Waals surface area contributed by atoms with Crippen LogP contribution in [-0.4, -0.2) is 36.8 Å². The summed E-state index contributed by atoms with van der Waals surface area (Å²) in [7, 11) is -3.71. The molecular weight excluding hydrogens is 408 g/mol. The summed E-state index contributed by atoms with van der Waals surface area (Å²) >= 11 is 5.77. The molecule has 1 unspecified atom stereocenters. The van der Waals surface area contributed by atoms with Crippen LogP contribution in [0.4, 0.5) is 8.78 Å². The van der Waals surface area contributed by atoms with Crippen molar-refractivity contribution in [2.75, 3.05) is 13.1 Å². The maximum absolute atomic E-state index is 14.8. The molecule has 0 aliphatic carbocycles. The molecule has 0 radical (unpaired) electrons. The molecule has 2 aromatic carbocycles. The van der Waals surface area contributed by atoms with E-state index in [0.717, 1.165) is 5.56 Å². The minimum Gasteiger partial charge on any atom is -0.382 e. The topological polar surface area (TPSA) is 57.6 Å². The van der Waals surface area contributed by atoms with Crippen LogP contribution in [0.25, 0.3) is 0 Å². The van der Waals surface area contributed by atoms with E-state index in [0.29, 0.717) is 5.02 Å². The predicted octanol–water partition coefficient (Wildman–Crippen LogP) is 4.42. The van der Waals surface area contributed by atoms with Crippen molar-refractivity contribution in [1.29, 1.82) is 0 Å². The predicted molar refractivity (Wildman–Crippen MR) is 104 cm³/mol. The lowest BCUT2D eigenvalue weighted by atomic mass is 9.86. The molecule has 1 aliphatic heterocycles. The van der Waals surface area contributed by atoms with Gasteiger partial charge in [-0.3, -0.25) is 0 Å². The number of benzene rings is 2. The molecule has 2 aromatic rings. The molecule has 4 nitrogen and oxygen atoms in total. The number of aliphatic hydroxyl groups is 1. The van der Waals surface area contributed by atoms with E-state index in [1.165, 1.54) is 40.7 Å². The highest BCUT2D eigenvalue weighted by molar-refractivity contribution is 7.89. The molecule has 0 aromatic heterocycles. The van der Waals surface area contributed by atoms with Gasteiger partial charge in [-0.2, -0.15) is 4.31 Å². The van der Waals surface area contributed by atoms with Crippen LogP contribution in [0, 0.1) is 12.8 Å². The molecule has 0 amide bonds. The van der Waals surface area contributed by atoms with Gasteiger partial charge in [0.25, 0.3) is 5.92 Å². The molecule has 1 saturated heterocycles. The first-order chi connectivity index (χ1) is 13.1. The van der Waals surface area contributed by atoms with Gasteiger partial charge in [-0.05, 0) is 49.6 Å². The van der Waals surface area contributed by atoms with E-state index >= 15 is 0 Å². The summed E-state index contributed by atoms with van der Waals surface area (Å²) < 4.78 is 56.3. The monoisotopic (exact) mass is 429 g/mol. The zero-order chi connectivity index (χ0) is 20.5. The summed E-state index contributed by atoms with van der Waals surface area (Å²) in [6, 6.07) is 12.1. The molecule has 1 fully saturated rings. The van der Waals surface area contributed by atoms with Crippen LogP contribution in [0.2, 0.25) is 5.02 Å². The first-order valence-electron chi connectivity index (χ1n) is 9.00. The second kappa shape index (κ2) is 8.06. The van der Waals surface area contributed by atoms with E-state index in [2.05, 4.69) is 0 Å².